The third-order valence-electron chi connectivity index (χ3n) is 4.96. The zero-order chi connectivity index (χ0) is 22.1. The second-order valence-corrected chi connectivity index (χ2v) is 7.62. The Morgan fingerprint density at radius 2 is 1.90 bits per heavy atom. The molecule has 1 fully saturated rings. The Balaban J connectivity index is 1.56. The van der Waals surface area contributed by atoms with Crippen LogP contribution in [-0.4, -0.2) is 80.8 Å². The molecule has 8 heteroatoms. The van der Waals surface area contributed by atoms with Crippen LogP contribution in [0.5, 0.6) is 5.75 Å². The molecule has 0 saturated carbocycles. The van der Waals surface area contributed by atoms with Gasteiger partial charge in [0, 0.05) is 43.9 Å². The van der Waals surface area contributed by atoms with Gasteiger partial charge in [-0.2, -0.15) is 0 Å². The number of halogens is 1. The lowest BCUT2D eigenvalue weighted by molar-refractivity contribution is -0.141. The number of methoxy groups -OCH3 is 1. The van der Waals surface area contributed by atoms with Crippen LogP contribution in [0.4, 0.5) is 0 Å². The topological polar surface area (TPSA) is 68.3 Å². The molecule has 0 aliphatic carbocycles. The van der Waals surface area contributed by atoms with E-state index in [0.717, 1.165) is 0 Å². The molecule has 1 unspecified atom stereocenters. The quantitative estimate of drug-likeness (QED) is 0.592. The number of rotatable bonds is 9. The van der Waals surface area contributed by atoms with Crippen molar-refractivity contribution in [3.05, 3.63) is 65.2 Å². The monoisotopic (exact) mass is 446 g/mol. The third-order valence-corrected chi connectivity index (χ3v) is 5.22. The van der Waals surface area contributed by atoms with Crippen LogP contribution in [0, 0.1) is 0 Å². The summed E-state index contributed by atoms with van der Waals surface area (Å²) >= 11 is 5.87. The summed E-state index contributed by atoms with van der Waals surface area (Å²) in [7, 11) is 1.60. The van der Waals surface area contributed by atoms with Crippen LogP contribution in [0.2, 0.25) is 5.02 Å². The fourth-order valence-electron chi connectivity index (χ4n) is 3.31. The lowest BCUT2D eigenvalue weighted by Gasteiger charge is -2.35. The summed E-state index contributed by atoms with van der Waals surface area (Å²) in [4.78, 5) is 29.0. The maximum Gasteiger partial charge on any atom is 0.260 e. The molecule has 0 N–H and O–H groups in total. The summed E-state index contributed by atoms with van der Waals surface area (Å²) in [6, 6.07) is 16.0. The molecular formula is C23H27ClN2O5. The summed E-state index contributed by atoms with van der Waals surface area (Å²) < 4.78 is 16.6. The average molecular weight is 447 g/mol. The van der Waals surface area contributed by atoms with E-state index in [1.165, 1.54) is 0 Å². The van der Waals surface area contributed by atoms with Crippen LogP contribution in [0.1, 0.15) is 10.4 Å². The minimum absolute atomic E-state index is 0.0648. The number of benzene rings is 2. The van der Waals surface area contributed by atoms with Crippen molar-refractivity contribution in [3.63, 3.8) is 0 Å². The first kappa shape index (κ1) is 23.1. The Kier molecular flexibility index (Phi) is 8.70. The van der Waals surface area contributed by atoms with Gasteiger partial charge in [0.2, 0.25) is 0 Å². The molecule has 166 valence electrons. The number of nitrogens with zero attached hydrogens (tertiary/aromatic N) is 2. The van der Waals surface area contributed by atoms with E-state index in [0.29, 0.717) is 55.7 Å². The van der Waals surface area contributed by atoms with E-state index in [4.69, 9.17) is 25.8 Å². The lowest BCUT2D eigenvalue weighted by Crippen LogP contribution is -2.52. The van der Waals surface area contributed by atoms with Gasteiger partial charge in [0.15, 0.2) is 6.61 Å². The molecule has 0 radical (unpaired) electrons. The SMILES string of the molecule is COCCN(CC1CN(C(=O)COc2ccc(Cl)cc2)CCO1)C(=O)c1ccccc1. The van der Waals surface area contributed by atoms with Gasteiger partial charge in [-0.05, 0) is 36.4 Å². The van der Waals surface area contributed by atoms with E-state index < -0.39 is 0 Å². The molecule has 2 aromatic carbocycles. The molecule has 0 aromatic heterocycles. The van der Waals surface area contributed by atoms with Crippen LogP contribution < -0.4 is 4.74 Å². The number of hydrogen-bond donors (Lipinski definition) is 0. The second kappa shape index (κ2) is 11.7. The lowest BCUT2D eigenvalue weighted by atomic mass is 10.1. The molecule has 2 aromatic rings. The fourth-order valence-corrected chi connectivity index (χ4v) is 3.44. The highest BCUT2D eigenvalue weighted by atomic mass is 35.5. The Labute approximate surface area is 187 Å². The molecule has 3 rings (SSSR count). The molecule has 1 aliphatic rings. The Hall–Kier alpha value is -2.61. The van der Waals surface area contributed by atoms with Crippen LogP contribution in [-0.2, 0) is 14.3 Å². The number of carbonyl (C=O) groups is 2. The third kappa shape index (κ3) is 6.95. The highest BCUT2D eigenvalue weighted by molar-refractivity contribution is 6.30. The van der Waals surface area contributed by atoms with Crippen molar-refractivity contribution in [2.75, 3.05) is 53.1 Å². The van der Waals surface area contributed by atoms with Crippen LogP contribution in [0.25, 0.3) is 0 Å². The van der Waals surface area contributed by atoms with Crippen molar-refractivity contribution in [3.8, 4) is 5.75 Å². The van der Waals surface area contributed by atoms with Gasteiger partial charge in [-0.1, -0.05) is 29.8 Å². The van der Waals surface area contributed by atoms with Crippen molar-refractivity contribution in [2.24, 2.45) is 0 Å². The predicted octanol–water partition coefficient (Wildman–Crippen LogP) is 2.74. The van der Waals surface area contributed by atoms with Crippen molar-refractivity contribution in [2.45, 2.75) is 6.10 Å². The first-order chi connectivity index (χ1) is 15.1. The molecule has 2 amide bonds. The first-order valence-electron chi connectivity index (χ1n) is 10.2. The normalized spacial score (nSPS) is 16.1. The van der Waals surface area contributed by atoms with E-state index in [9.17, 15) is 9.59 Å². The van der Waals surface area contributed by atoms with E-state index in [2.05, 4.69) is 0 Å². The number of ether oxygens (including phenoxy) is 3. The van der Waals surface area contributed by atoms with Gasteiger partial charge in [-0.25, -0.2) is 0 Å². The molecule has 0 spiro atoms. The zero-order valence-electron chi connectivity index (χ0n) is 17.5. The van der Waals surface area contributed by atoms with E-state index in [-0.39, 0.29) is 24.5 Å². The van der Waals surface area contributed by atoms with E-state index >= 15 is 0 Å². The largest absolute Gasteiger partial charge is 0.484 e. The standard InChI is InChI=1S/C23H27ClN2O5/c1-29-13-11-26(23(28)18-5-3-2-4-6-18)16-21-15-25(12-14-30-21)22(27)17-31-20-9-7-19(24)8-10-20/h2-10,21H,11-17H2,1H3. The number of hydrogen-bond acceptors (Lipinski definition) is 5. The zero-order valence-corrected chi connectivity index (χ0v) is 18.3. The minimum atomic E-state index is -0.280. The predicted molar refractivity (Wildman–Crippen MR) is 117 cm³/mol. The van der Waals surface area contributed by atoms with Gasteiger partial charge in [0.1, 0.15) is 5.75 Å². The van der Waals surface area contributed by atoms with Gasteiger partial charge < -0.3 is 24.0 Å². The summed E-state index contributed by atoms with van der Waals surface area (Å²) in [5.74, 6) is 0.374. The maximum absolute atomic E-state index is 12.9. The molecule has 1 saturated heterocycles. The molecule has 31 heavy (non-hydrogen) atoms. The first-order valence-corrected chi connectivity index (χ1v) is 10.6. The molecule has 1 heterocycles. The van der Waals surface area contributed by atoms with Gasteiger partial charge in [0.25, 0.3) is 11.8 Å². The summed E-state index contributed by atoms with van der Waals surface area (Å²) in [5, 5.41) is 0.609. The van der Waals surface area contributed by atoms with Gasteiger partial charge in [-0.3, -0.25) is 9.59 Å². The Morgan fingerprint density at radius 3 is 2.61 bits per heavy atom. The Bertz CT molecular complexity index is 847. The Morgan fingerprint density at radius 1 is 1.16 bits per heavy atom. The fraction of sp³-hybridized carbons (Fsp3) is 0.391. The van der Waals surface area contributed by atoms with Crippen molar-refractivity contribution < 1.29 is 23.8 Å². The van der Waals surface area contributed by atoms with Crippen molar-refractivity contribution >= 4 is 23.4 Å². The van der Waals surface area contributed by atoms with E-state index in [1.807, 2.05) is 18.2 Å². The van der Waals surface area contributed by atoms with Crippen molar-refractivity contribution in [1.29, 1.82) is 0 Å². The number of morpholine rings is 1. The van der Waals surface area contributed by atoms with Gasteiger partial charge >= 0.3 is 0 Å². The molecule has 7 nitrogen and oxygen atoms in total. The smallest absolute Gasteiger partial charge is 0.260 e. The second-order valence-electron chi connectivity index (χ2n) is 7.19. The van der Waals surface area contributed by atoms with Crippen molar-refractivity contribution in [1.82, 2.24) is 9.80 Å². The van der Waals surface area contributed by atoms with E-state index in [1.54, 1.807) is 53.3 Å². The number of amides is 2. The van der Waals surface area contributed by atoms with Gasteiger partial charge in [0.05, 0.1) is 19.3 Å². The summed E-state index contributed by atoms with van der Waals surface area (Å²) in [6.07, 6.45) is -0.280. The van der Waals surface area contributed by atoms with Crippen LogP contribution in [0.15, 0.2) is 54.6 Å². The average Bonchev–Trinajstić information content (AvgIpc) is 2.81. The van der Waals surface area contributed by atoms with Crippen LogP contribution in [0.3, 0.4) is 0 Å². The minimum Gasteiger partial charge on any atom is -0.484 e. The number of carbonyl (C=O) groups excluding carboxylic acids is 2. The molecule has 1 atom stereocenters. The molecule has 1 aliphatic heterocycles. The molecular weight excluding hydrogens is 420 g/mol. The summed E-state index contributed by atoms with van der Waals surface area (Å²) in [5.41, 5.74) is 0.610. The van der Waals surface area contributed by atoms with Crippen LogP contribution >= 0.6 is 11.6 Å². The highest BCUT2D eigenvalue weighted by Crippen LogP contribution is 2.16. The maximum atomic E-state index is 12.9. The van der Waals surface area contributed by atoms with Gasteiger partial charge in [-0.15, -0.1) is 0 Å². The highest BCUT2D eigenvalue weighted by Gasteiger charge is 2.28. The summed E-state index contributed by atoms with van der Waals surface area (Å²) in [6.45, 7) is 2.47. The molecule has 0 bridgehead atoms.